The largest absolute Gasteiger partial charge is 0.351 e. The lowest BCUT2D eigenvalue weighted by atomic mass is 10.1. The summed E-state index contributed by atoms with van der Waals surface area (Å²) < 4.78 is 0. The van der Waals surface area contributed by atoms with Crippen LogP contribution in [0.25, 0.3) is 0 Å². The standard InChI is InChI=1S/C15H20ClNOS/c16-11-13(10-12-6-2-1-3-7-12)17-15(18)14-8-4-5-9-19-14/h1-3,6-7,13-14H,4-5,8-11H2,(H,17,18). The molecule has 4 heteroatoms. The van der Waals surface area contributed by atoms with Crippen LogP contribution < -0.4 is 5.32 Å². The number of hydrogen-bond donors (Lipinski definition) is 1. The molecule has 1 aromatic carbocycles. The van der Waals surface area contributed by atoms with E-state index in [0.717, 1.165) is 25.0 Å². The molecule has 19 heavy (non-hydrogen) atoms. The highest BCUT2D eigenvalue weighted by molar-refractivity contribution is 8.00. The van der Waals surface area contributed by atoms with Crippen LogP contribution in [0.15, 0.2) is 30.3 Å². The Kier molecular flexibility index (Phi) is 6.05. The molecule has 1 amide bonds. The number of alkyl halides is 1. The topological polar surface area (TPSA) is 29.1 Å². The molecule has 104 valence electrons. The van der Waals surface area contributed by atoms with E-state index in [4.69, 9.17) is 11.6 Å². The van der Waals surface area contributed by atoms with Gasteiger partial charge >= 0.3 is 0 Å². The minimum atomic E-state index is 0.0269. The normalized spacial score (nSPS) is 20.8. The zero-order chi connectivity index (χ0) is 13.5. The van der Waals surface area contributed by atoms with Gasteiger partial charge in [0.15, 0.2) is 0 Å². The van der Waals surface area contributed by atoms with Crippen LogP contribution in [0.3, 0.4) is 0 Å². The monoisotopic (exact) mass is 297 g/mol. The fourth-order valence-electron chi connectivity index (χ4n) is 2.28. The van der Waals surface area contributed by atoms with Gasteiger partial charge in [-0.1, -0.05) is 36.8 Å². The van der Waals surface area contributed by atoms with E-state index in [2.05, 4.69) is 17.4 Å². The molecule has 1 saturated heterocycles. The summed E-state index contributed by atoms with van der Waals surface area (Å²) in [6.07, 6.45) is 4.19. The maximum atomic E-state index is 12.2. The molecule has 0 aliphatic carbocycles. The number of amides is 1. The molecule has 1 N–H and O–H groups in total. The highest BCUT2D eigenvalue weighted by atomic mass is 35.5. The Balaban J connectivity index is 1.86. The lowest BCUT2D eigenvalue weighted by Crippen LogP contribution is -2.43. The van der Waals surface area contributed by atoms with Gasteiger partial charge in [0, 0.05) is 11.9 Å². The van der Waals surface area contributed by atoms with Crippen LogP contribution >= 0.6 is 23.4 Å². The van der Waals surface area contributed by atoms with Crippen molar-refractivity contribution >= 4 is 29.3 Å². The molecular formula is C15H20ClNOS. The summed E-state index contributed by atoms with van der Waals surface area (Å²) in [5, 5.41) is 3.21. The predicted molar refractivity (Wildman–Crippen MR) is 82.9 cm³/mol. The van der Waals surface area contributed by atoms with Gasteiger partial charge in [0.25, 0.3) is 0 Å². The Hall–Kier alpha value is -0.670. The lowest BCUT2D eigenvalue weighted by molar-refractivity contribution is -0.121. The van der Waals surface area contributed by atoms with Crippen LogP contribution in [0.1, 0.15) is 24.8 Å². The molecule has 1 aromatic rings. The number of hydrogen-bond acceptors (Lipinski definition) is 2. The van der Waals surface area contributed by atoms with Gasteiger partial charge in [0.05, 0.1) is 5.25 Å². The minimum absolute atomic E-state index is 0.0269. The van der Waals surface area contributed by atoms with Crippen molar-refractivity contribution in [3.63, 3.8) is 0 Å². The van der Waals surface area contributed by atoms with Gasteiger partial charge in [0.1, 0.15) is 0 Å². The molecule has 1 aliphatic rings. The number of carbonyl (C=O) groups excluding carboxylic acids is 1. The van der Waals surface area contributed by atoms with Crippen LogP contribution in [0, 0.1) is 0 Å². The van der Waals surface area contributed by atoms with Gasteiger partial charge in [-0.2, -0.15) is 0 Å². The second-order valence-corrected chi connectivity index (χ2v) is 6.52. The van der Waals surface area contributed by atoms with E-state index < -0.39 is 0 Å². The van der Waals surface area contributed by atoms with Gasteiger partial charge in [0.2, 0.25) is 5.91 Å². The van der Waals surface area contributed by atoms with Crippen molar-refractivity contribution < 1.29 is 4.79 Å². The predicted octanol–water partition coefficient (Wildman–Crippen LogP) is 3.24. The second-order valence-electron chi connectivity index (χ2n) is 4.90. The minimum Gasteiger partial charge on any atom is -0.351 e. The van der Waals surface area contributed by atoms with Crippen LogP contribution in [0.2, 0.25) is 0 Å². The fourth-order valence-corrected chi connectivity index (χ4v) is 3.68. The van der Waals surface area contributed by atoms with Gasteiger partial charge in [-0.25, -0.2) is 0 Å². The molecule has 0 aromatic heterocycles. The van der Waals surface area contributed by atoms with E-state index in [1.54, 1.807) is 11.8 Å². The van der Waals surface area contributed by atoms with Crippen molar-refractivity contribution in [2.24, 2.45) is 0 Å². The molecule has 0 saturated carbocycles. The van der Waals surface area contributed by atoms with Crippen molar-refractivity contribution in [1.29, 1.82) is 0 Å². The third kappa shape index (κ3) is 4.73. The van der Waals surface area contributed by atoms with Gasteiger partial charge in [-0.05, 0) is 30.6 Å². The van der Waals surface area contributed by atoms with Crippen LogP contribution in [-0.2, 0) is 11.2 Å². The van der Waals surface area contributed by atoms with Gasteiger partial charge < -0.3 is 5.32 Å². The highest BCUT2D eigenvalue weighted by Gasteiger charge is 2.23. The summed E-state index contributed by atoms with van der Waals surface area (Å²) in [6.45, 7) is 0. The molecular weight excluding hydrogens is 278 g/mol. The van der Waals surface area contributed by atoms with Crippen LogP contribution in [0.4, 0.5) is 0 Å². The van der Waals surface area contributed by atoms with Crippen molar-refractivity contribution in [1.82, 2.24) is 5.32 Å². The third-order valence-corrected chi connectivity index (χ3v) is 5.08. The van der Waals surface area contributed by atoms with E-state index in [0.29, 0.717) is 5.88 Å². The van der Waals surface area contributed by atoms with E-state index in [1.165, 1.54) is 12.0 Å². The Morgan fingerprint density at radius 1 is 1.37 bits per heavy atom. The first-order chi connectivity index (χ1) is 9.29. The Morgan fingerprint density at radius 3 is 2.79 bits per heavy atom. The first-order valence-electron chi connectivity index (χ1n) is 6.81. The second kappa shape index (κ2) is 7.81. The molecule has 1 aliphatic heterocycles. The van der Waals surface area contributed by atoms with E-state index in [1.807, 2.05) is 18.2 Å². The molecule has 0 bridgehead atoms. The summed E-state index contributed by atoms with van der Waals surface area (Å²) in [5.74, 6) is 1.71. The quantitative estimate of drug-likeness (QED) is 0.846. The van der Waals surface area contributed by atoms with Crippen molar-refractivity contribution in [3.8, 4) is 0 Å². The first-order valence-corrected chi connectivity index (χ1v) is 8.40. The molecule has 0 spiro atoms. The molecule has 1 heterocycles. The lowest BCUT2D eigenvalue weighted by Gasteiger charge is -2.23. The number of nitrogens with one attached hydrogen (secondary N) is 1. The van der Waals surface area contributed by atoms with Gasteiger partial charge in [-0.15, -0.1) is 23.4 Å². The SMILES string of the molecule is O=C(NC(CCl)Cc1ccccc1)C1CCCCS1. The third-order valence-electron chi connectivity index (χ3n) is 3.33. The Bertz CT molecular complexity index is 392. The van der Waals surface area contributed by atoms with Crippen LogP contribution in [0.5, 0.6) is 0 Å². The number of halogens is 1. The number of benzene rings is 1. The Labute approximate surface area is 124 Å². The molecule has 2 rings (SSSR count). The van der Waals surface area contributed by atoms with Gasteiger partial charge in [-0.3, -0.25) is 4.79 Å². The smallest absolute Gasteiger partial charge is 0.233 e. The summed E-state index contributed by atoms with van der Waals surface area (Å²) >= 11 is 7.75. The maximum Gasteiger partial charge on any atom is 0.233 e. The van der Waals surface area contributed by atoms with E-state index in [9.17, 15) is 4.79 Å². The number of rotatable bonds is 5. The van der Waals surface area contributed by atoms with Crippen molar-refractivity contribution in [3.05, 3.63) is 35.9 Å². The summed E-state index contributed by atoms with van der Waals surface area (Å²) in [7, 11) is 0. The molecule has 0 radical (unpaired) electrons. The zero-order valence-corrected chi connectivity index (χ0v) is 12.6. The molecule has 2 unspecified atom stereocenters. The number of carbonyl (C=O) groups is 1. The Morgan fingerprint density at radius 2 is 2.16 bits per heavy atom. The highest BCUT2D eigenvalue weighted by Crippen LogP contribution is 2.25. The summed E-state index contributed by atoms with van der Waals surface area (Å²) in [6, 6.07) is 10.2. The zero-order valence-electron chi connectivity index (χ0n) is 11.0. The summed E-state index contributed by atoms with van der Waals surface area (Å²) in [5.41, 5.74) is 1.21. The first kappa shape index (κ1) is 14.7. The average molecular weight is 298 g/mol. The number of thioether (sulfide) groups is 1. The molecule has 1 fully saturated rings. The van der Waals surface area contributed by atoms with E-state index in [-0.39, 0.29) is 17.2 Å². The van der Waals surface area contributed by atoms with Crippen molar-refractivity contribution in [2.75, 3.05) is 11.6 Å². The van der Waals surface area contributed by atoms with Crippen LogP contribution in [-0.4, -0.2) is 28.8 Å². The molecule has 2 nitrogen and oxygen atoms in total. The van der Waals surface area contributed by atoms with E-state index >= 15 is 0 Å². The fraction of sp³-hybridized carbons (Fsp3) is 0.533. The average Bonchev–Trinajstić information content (AvgIpc) is 2.48. The summed E-state index contributed by atoms with van der Waals surface area (Å²) in [4.78, 5) is 12.2. The van der Waals surface area contributed by atoms with Crippen molar-refractivity contribution in [2.45, 2.75) is 37.0 Å². The maximum absolute atomic E-state index is 12.2. The molecule has 2 atom stereocenters.